The van der Waals surface area contributed by atoms with Crippen molar-refractivity contribution in [3.05, 3.63) is 41.8 Å². The first kappa shape index (κ1) is 14.5. The maximum Gasteiger partial charge on any atom is 0.168 e. The molecule has 118 valence electrons. The molecule has 0 N–H and O–H groups in total. The van der Waals surface area contributed by atoms with Crippen molar-refractivity contribution in [3.8, 4) is 5.69 Å². The molecule has 2 aromatic heterocycles. The second kappa shape index (κ2) is 5.81. The lowest BCUT2D eigenvalue weighted by atomic mass is 10.0. The van der Waals surface area contributed by atoms with Crippen LogP contribution in [0.3, 0.4) is 0 Å². The Kier molecular flexibility index (Phi) is 3.65. The topological polar surface area (TPSA) is 46.8 Å². The highest BCUT2D eigenvalue weighted by Crippen LogP contribution is 2.28. The molecular weight excluding hydrogens is 310 g/mol. The molecule has 1 aliphatic rings. The van der Waals surface area contributed by atoms with E-state index in [0.717, 1.165) is 35.6 Å². The standard InChI is InChI=1S/C17H18ClN5/c1-12-3-2-8-22(10-12)16-15-9-21-23(17(15)20-11-19-16)14-6-4-13(18)5-7-14/h4-7,9,11-12H,2-3,8,10H2,1H3/t12-/m1/s1. The Labute approximate surface area is 139 Å². The van der Waals surface area contributed by atoms with Gasteiger partial charge in [0.05, 0.1) is 17.3 Å². The van der Waals surface area contributed by atoms with Gasteiger partial charge in [-0.05, 0) is 43.0 Å². The van der Waals surface area contributed by atoms with Crippen LogP contribution in [0.2, 0.25) is 5.02 Å². The van der Waals surface area contributed by atoms with Gasteiger partial charge in [0.15, 0.2) is 5.65 Å². The summed E-state index contributed by atoms with van der Waals surface area (Å²) in [6.45, 7) is 4.38. The van der Waals surface area contributed by atoms with Crippen molar-refractivity contribution in [3.63, 3.8) is 0 Å². The van der Waals surface area contributed by atoms with Crippen molar-refractivity contribution in [2.75, 3.05) is 18.0 Å². The van der Waals surface area contributed by atoms with Crippen molar-refractivity contribution in [1.29, 1.82) is 0 Å². The largest absolute Gasteiger partial charge is 0.356 e. The van der Waals surface area contributed by atoms with Gasteiger partial charge in [-0.2, -0.15) is 5.10 Å². The summed E-state index contributed by atoms with van der Waals surface area (Å²) in [5.41, 5.74) is 1.77. The van der Waals surface area contributed by atoms with Crippen molar-refractivity contribution >= 4 is 28.5 Å². The molecule has 0 amide bonds. The summed E-state index contributed by atoms with van der Waals surface area (Å²) in [6, 6.07) is 7.61. The number of anilines is 1. The molecule has 1 saturated heterocycles. The summed E-state index contributed by atoms with van der Waals surface area (Å²) in [5, 5.41) is 6.22. The SMILES string of the molecule is C[C@@H]1CCCN(c2ncnc3c2cnn3-c2ccc(Cl)cc2)C1. The van der Waals surface area contributed by atoms with Gasteiger partial charge >= 0.3 is 0 Å². The molecule has 5 nitrogen and oxygen atoms in total. The molecular formula is C17H18ClN5. The molecule has 0 bridgehead atoms. The van der Waals surface area contributed by atoms with Crippen LogP contribution in [0.4, 0.5) is 5.82 Å². The molecule has 3 aromatic rings. The van der Waals surface area contributed by atoms with Gasteiger partial charge < -0.3 is 4.90 Å². The Bertz CT molecular complexity index is 827. The second-order valence-corrected chi connectivity index (χ2v) is 6.60. The van der Waals surface area contributed by atoms with Gasteiger partial charge in [0, 0.05) is 18.1 Å². The van der Waals surface area contributed by atoms with E-state index in [-0.39, 0.29) is 0 Å². The number of rotatable bonds is 2. The molecule has 4 rings (SSSR count). The fraction of sp³-hybridized carbons (Fsp3) is 0.353. The smallest absolute Gasteiger partial charge is 0.168 e. The van der Waals surface area contributed by atoms with Crippen molar-refractivity contribution in [2.45, 2.75) is 19.8 Å². The highest BCUT2D eigenvalue weighted by molar-refractivity contribution is 6.30. The number of halogens is 1. The Morgan fingerprint density at radius 2 is 2.00 bits per heavy atom. The number of nitrogens with zero attached hydrogens (tertiary/aromatic N) is 5. The molecule has 0 saturated carbocycles. The van der Waals surface area contributed by atoms with E-state index >= 15 is 0 Å². The van der Waals surface area contributed by atoms with Gasteiger partial charge in [-0.3, -0.25) is 0 Å². The van der Waals surface area contributed by atoms with E-state index < -0.39 is 0 Å². The number of piperidine rings is 1. The van der Waals surface area contributed by atoms with Crippen molar-refractivity contribution in [2.24, 2.45) is 5.92 Å². The molecule has 1 fully saturated rings. The lowest BCUT2D eigenvalue weighted by Gasteiger charge is -2.31. The second-order valence-electron chi connectivity index (χ2n) is 6.16. The minimum atomic E-state index is 0.695. The fourth-order valence-electron chi connectivity index (χ4n) is 3.24. The third-order valence-corrected chi connectivity index (χ3v) is 4.62. The molecule has 1 aromatic carbocycles. The predicted molar refractivity (Wildman–Crippen MR) is 92.3 cm³/mol. The van der Waals surface area contributed by atoms with Gasteiger partial charge in [0.2, 0.25) is 0 Å². The molecule has 0 radical (unpaired) electrons. The molecule has 3 heterocycles. The number of fused-ring (bicyclic) bond motifs is 1. The zero-order valence-corrected chi connectivity index (χ0v) is 13.7. The van der Waals surface area contributed by atoms with Crippen LogP contribution in [0.5, 0.6) is 0 Å². The van der Waals surface area contributed by atoms with Crippen LogP contribution in [0, 0.1) is 5.92 Å². The zero-order chi connectivity index (χ0) is 15.8. The molecule has 0 aliphatic carbocycles. The van der Waals surface area contributed by atoms with E-state index in [1.165, 1.54) is 12.8 Å². The summed E-state index contributed by atoms with van der Waals surface area (Å²) < 4.78 is 1.84. The first-order valence-corrected chi connectivity index (χ1v) is 8.30. The number of hydrogen-bond donors (Lipinski definition) is 0. The first-order chi connectivity index (χ1) is 11.2. The maximum atomic E-state index is 5.97. The van der Waals surface area contributed by atoms with Crippen molar-refractivity contribution in [1.82, 2.24) is 19.7 Å². The highest BCUT2D eigenvalue weighted by Gasteiger charge is 2.21. The van der Waals surface area contributed by atoms with E-state index in [2.05, 4.69) is 26.9 Å². The summed E-state index contributed by atoms with van der Waals surface area (Å²) in [4.78, 5) is 11.3. The lowest BCUT2D eigenvalue weighted by Crippen LogP contribution is -2.34. The van der Waals surface area contributed by atoms with E-state index in [9.17, 15) is 0 Å². The maximum absolute atomic E-state index is 5.97. The minimum Gasteiger partial charge on any atom is -0.356 e. The molecule has 6 heteroatoms. The molecule has 0 spiro atoms. The number of aromatic nitrogens is 4. The highest BCUT2D eigenvalue weighted by atomic mass is 35.5. The van der Waals surface area contributed by atoms with Gasteiger partial charge in [-0.25, -0.2) is 14.6 Å². The van der Waals surface area contributed by atoms with Crippen LogP contribution < -0.4 is 4.90 Å². The minimum absolute atomic E-state index is 0.695. The third-order valence-electron chi connectivity index (χ3n) is 4.37. The summed E-state index contributed by atoms with van der Waals surface area (Å²) in [6.07, 6.45) is 5.98. The van der Waals surface area contributed by atoms with E-state index in [1.54, 1.807) is 6.33 Å². The molecule has 23 heavy (non-hydrogen) atoms. The summed E-state index contributed by atoms with van der Waals surface area (Å²) >= 11 is 5.97. The normalized spacial score (nSPS) is 18.5. The van der Waals surface area contributed by atoms with Crippen LogP contribution in [0.25, 0.3) is 16.7 Å². The number of hydrogen-bond acceptors (Lipinski definition) is 4. The van der Waals surface area contributed by atoms with Gasteiger partial charge in [-0.1, -0.05) is 18.5 Å². The first-order valence-electron chi connectivity index (χ1n) is 7.92. The third kappa shape index (κ3) is 2.65. The van der Waals surface area contributed by atoms with Crippen LogP contribution in [-0.2, 0) is 0 Å². The Balaban J connectivity index is 1.78. The van der Waals surface area contributed by atoms with Crippen LogP contribution in [0.1, 0.15) is 19.8 Å². The Hall–Kier alpha value is -2.14. The van der Waals surface area contributed by atoms with E-state index in [4.69, 9.17) is 11.6 Å². The Morgan fingerprint density at radius 1 is 1.17 bits per heavy atom. The zero-order valence-electron chi connectivity index (χ0n) is 13.0. The van der Waals surface area contributed by atoms with Crippen LogP contribution in [0.15, 0.2) is 36.8 Å². The van der Waals surface area contributed by atoms with E-state index in [0.29, 0.717) is 10.9 Å². The fourth-order valence-corrected chi connectivity index (χ4v) is 3.36. The quantitative estimate of drug-likeness (QED) is 0.720. The van der Waals surface area contributed by atoms with Gasteiger partial charge in [-0.15, -0.1) is 0 Å². The monoisotopic (exact) mass is 327 g/mol. The molecule has 1 atom stereocenters. The van der Waals surface area contributed by atoms with Gasteiger partial charge in [0.1, 0.15) is 12.1 Å². The van der Waals surface area contributed by atoms with Gasteiger partial charge in [0.25, 0.3) is 0 Å². The molecule has 0 unspecified atom stereocenters. The summed E-state index contributed by atoms with van der Waals surface area (Å²) in [5.74, 6) is 1.68. The predicted octanol–water partition coefficient (Wildman–Crippen LogP) is 3.71. The summed E-state index contributed by atoms with van der Waals surface area (Å²) in [7, 11) is 0. The van der Waals surface area contributed by atoms with E-state index in [1.807, 2.05) is 35.1 Å². The van der Waals surface area contributed by atoms with Crippen LogP contribution >= 0.6 is 11.6 Å². The molecule has 1 aliphatic heterocycles. The Morgan fingerprint density at radius 3 is 2.78 bits per heavy atom. The average molecular weight is 328 g/mol. The lowest BCUT2D eigenvalue weighted by molar-refractivity contribution is 0.445. The number of benzene rings is 1. The van der Waals surface area contributed by atoms with Crippen molar-refractivity contribution < 1.29 is 0 Å². The van der Waals surface area contributed by atoms with Crippen LogP contribution in [-0.4, -0.2) is 32.8 Å². The average Bonchev–Trinajstić information content (AvgIpc) is 2.99.